The number of nitrogens with zero attached hydrogens (tertiary/aromatic N) is 1. The van der Waals surface area contributed by atoms with Crippen LogP contribution in [0.4, 0.5) is 0 Å². The quantitative estimate of drug-likeness (QED) is 0.159. The molecule has 1 heteroatoms. The van der Waals surface area contributed by atoms with Crippen LogP contribution in [0, 0.1) is 6.92 Å². The molecule has 0 aliphatic heterocycles. The molecule has 0 saturated carbocycles. The number of fused-ring (bicyclic) bond motifs is 3. The molecule has 9 rings (SSSR count). The van der Waals surface area contributed by atoms with Gasteiger partial charge in [-0.1, -0.05) is 181 Å². The molecule has 8 aromatic carbocycles. The zero-order chi connectivity index (χ0) is 35.1. The highest BCUT2D eigenvalue weighted by Gasteiger charge is 2.14. The maximum absolute atomic E-state index is 2.40. The summed E-state index contributed by atoms with van der Waals surface area (Å²) in [4.78, 5) is 0. The maximum atomic E-state index is 2.40. The van der Waals surface area contributed by atoms with Gasteiger partial charge in [-0.05, 0) is 94.6 Å². The van der Waals surface area contributed by atoms with Gasteiger partial charge in [-0.25, -0.2) is 0 Å². The Morgan fingerprint density at radius 3 is 1.48 bits per heavy atom. The lowest BCUT2D eigenvalue weighted by Crippen LogP contribution is -1.94. The molecular weight excluding hydrogens is 627 g/mol. The van der Waals surface area contributed by atoms with Crippen LogP contribution in [0.1, 0.15) is 16.7 Å². The number of rotatable bonds is 7. The van der Waals surface area contributed by atoms with Gasteiger partial charge >= 0.3 is 0 Å². The lowest BCUT2D eigenvalue weighted by molar-refractivity contribution is 0.960. The standard InChI is InChI=1S/C38H29N.C13H12/c1-3-10-28(11-4-1)18-19-29-20-22-31(23-21-29)33-24-25-38-36(27-33)35-16-7-8-17-37(35)39(38)34-15-9-14-32(26-34)30-12-5-2-6-13-30;1-11-7-9-13(10-8-11)12-5-3-2-4-6-12/h1-17,20-27H,18-19H2;2-10H,1H3. The minimum absolute atomic E-state index is 1.05. The molecule has 1 heterocycles. The van der Waals surface area contributed by atoms with Gasteiger partial charge in [0.15, 0.2) is 0 Å². The first kappa shape index (κ1) is 32.7. The number of benzene rings is 8. The van der Waals surface area contributed by atoms with Crippen LogP contribution in [0.15, 0.2) is 206 Å². The molecule has 9 aromatic rings. The smallest absolute Gasteiger partial charge is 0.0541 e. The van der Waals surface area contributed by atoms with Crippen molar-refractivity contribution in [3.05, 3.63) is 223 Å². The Morgan fingerprint density at radius 2 is 0.788 bits per heavy atom. The summed E-state index contributed by atoms with van der Waals surface area (Å²) in [6.45, 7) is 2.11. The molecule has 0 bridgehead atoms. The van der Waals surface area contributed by atoms with E-state index < -0.39 is 0 Å². The van der Waals surface area contributed by atoms with Crippen LogP contribution < -0.4 is 0 Å². The molecule has 0 spiro atoms. The Hall–Kier alpha value is -6.44. The first-order valence-electron chi connectivity index (χ1n) is 18.1. The van der Waals surface area contributed by atoms with Gasteiger partial charge in [0.1, 0.15) is 0 Å². The second kappa shape index (κ2) is 15.2. The minimum Gasteiger partial charge on any atom is -0.309 e. The summed E-state index contributed by atoms with van der Waals surface area (Å²) in [7, 11) is 0. The van der Waals surface area contributed by atoms with Gasteiger partial charge in [0.05, 0.1) is 11.0 Å². The Labute approximate surface area is 307 Å². The Kier molecular flexibility index (Phi) is 9.58. The first-order valence-corrected chi connectivity index (χ1v) is 18.1. The van der Waals surface area contributed by atoms with E-state index in [1.807, 2.05) is 6.07 Å². The normalized spacial score (nSPS) is 10.9. The maximum Gasteiger partial charge on any atom is 0.0541 e. The van der Waals surface area contributed by atoms with Gasteiger partial charge in [0.25, 0.3) is 0 Å². The van der Waals surface area contributed by atoms with Crippen LogP contribution in [0.3, 0.4) is 0 Å². The van der Waals surface area contributed by atoms with Gasteiger partial charge in [0, 0.05) is 16.5 Å². The van der Waals surface area contributed by atoms with Gasteiger partial charge < -0.3 is 4.57 Å². The molecule has 0 N–H and O–H groups in total. The van der Waals surface area contributed by atoms with E-state index in [1.54, 1.807) is 0 Å². The van der Waals surface area contributed by atoms with Crippen LogP contribution >= 0.6 is 0 Å². The molecular formula is C51H41N. The fourth-order valence-corrected chi connectivity index (χ4v) is 7.06. The highest BCUT2D eigenvalue weighted by Crippen LogP contribution is 2.36. The second-order valence-corrected chi connectivity index (χ2v) is 13.4. The third kappa shape index (κ3) is 7.22. The van der Waals surface area contributed by atoms with Crippen LogP contribution in [-0.4, -0.2) is 4.57 Å². The van der Waals surface area contributed by atoms with E-state index in [0.29, 0.717) is 0 Å². The molecule has 0 radical (unpaired) electrons. The van der Waals surface area contributed by atoms with E-state index in [1.165, 1.54) is 77.6 Å². The first-order chi connectivity index (χ1) is 25.7. The Balaban J connectivity index is 0.000000250. The molecule has 52 heavy (non-hydrogen) atoms. The number of aryl methyl sites for hydroxylation is 3. The molecule has 250 valence electrons. The summed E-state index contributed by atoms with van der Waals surface area (Å²) in [6, 6.07) is 73.9. The van der Waals surface area contributed by atoms with Crippen molar-refractivity contribution in [1.29, 1.82) is 0 Å². The van der Waals surface area contributed by atoms with Crippen molar-refractivity contribution < 1.29 is 0 Å². The molecule has 1 aromatic heterocycles. The molecule has 1 nitrogen and oxygen atoms in total. The van der Waals surface area contributed by atoms with Crippen molar-refractivity contribution in [2.45, 2.75) is 19.8 Å². The summed E-state index contributed by atoms with van der Waals surface area (Å²) in [5, 5.41) is 2.56. The average molecular weight is 668 g/mol. The third-order valence-corrected chi connectivity index (χ3v) is 9.88. The van der Waals surface area contributed by atoms with Gasteiger partial charge in [0.2, 0.25) is 0 Å². The van der Waals surface area contributed by atoms with Crippen molar-refractivity contribution in [2.24, 2.45) is 0 Å². The highest BCUT2D eigenvalue weighted by molar-refractivity contribution is 6.10. The molecule has 0 fully saturated rings. The number of para-hydroxylation sites is 1. The fraction of sp³-hybridized carbons (Fsp3) is 0.0588. The van der Waals surface area contributed by atoms with E-state index in [9.17, 15) is 0 Å². The van der Waals surface area contributed by atoms with Gasteiger partial charge in [-0.15, -0.1) is 0 Å². The van der Waals surface area contributed by atoms with Crippen molar-refractivity contribution in [2.75, 3.05) is 0 Å². The minimum atomic E-state index is 1.05. The van der Waals surface area contributed by atoms with Crippen LogP contribution in [0.25, 0.3) is 60.9 Å². The Bertz CT molecular complexity index is 2530. The van der Waals surface area contributed by atoms with E-state index >= 15 is 0 Å². The summed E-state index contributed by atoms with van der Waals surface area (Å²) >= 11 is 0. The third-order valence-electron chi connectivity index (χ3n) is 9.88. The van der Waals surface area contributed by atoms with E-state index in [2.05, 4.69) is 212 Å². The summed E-state index contributed by atoms with van der Waals surface area (Å²) < 4.78 is 2.40. The van der Waals surface area contributed by atoms with Crippen molar-refractivity contribution in [1.82, 2.24) is 4.57 Å². The van der Waals surface area contributed by atoms with Crippen molar-refractivity contribution >= 4 is 21.8 Å². The van der Waals surface area contributed by atoms with E-state index in [0.717, 1.165) is 12.8 Å². The summed E-state index contributed by atoms with van der Waals surface area (Å²) in [5.74, 6) is 0. The number of hydrogen-bond acceptors (Lipinski definition) is 0. The SMILES string of the molecule is Cc1ccc(-c2ccccc2)cc1.c1ccc(CCc2ccc(-c3ccc4c(c3)c3ccccc3n4-c3cccc(-c4ccccc4)c3)cc2)cc1. The van der Waals surface area contributed by atoms with Crippen molar-refractivity contribution in [3.8, 4) is 39.1 Å². The van der Waals surface area contributed by atoms with Crippen LogP contribution in [0.2, 0.25) is 0 Å². The zero-order valence-electron chi connectivity index (χ0n) is 29.5. The molecule has 0 aliphatic carbocycles. The van der Waals surface area contributed by atoms with E-state index in [4.69, 9.17) is 0 Å². The molecule has 0 aliphatic rings. The second-order valence-electron chi connectivity index (χ2n) is 13.4. The predicted molar refractivity (Wildman–Crippen MR) is 222 cm³/mol. The van der Waals surface area contributed by atoms with Crippen LogP contribution in [0.5, 0.6) is 0 Å². The van der Waals surface area contributed by atoms with E-state index in [-0.39, 0.29) is 0 Å². The van der Waals surface area contributed by atoms with Crippen molar-refractivity contribution in [3.63, 3.8) is 0 Å². The summed E-state index contributed by atoms with van der Waals surface area (Å²) in [5.41, 5.74) is 15.2. The molecule has 0 amide bonds. The van der Waals surface area contributed by atoms with Gasteiger partial charge in [-0.3, -0.25) is 0 Å². The largest absolute Gasteiger partial charge is 0.309 e. The van der Waals surface area contributed by atoms with Gasteiger partial charge in [-0.2, -0.15) is 0 Å². The molecule has 0 atom stereocenters. The predicted octanol–water partition coefficient (Wildman–Crippen LogP) is 13.6. The zero-order valence-corrected chi connectivity index (χ0v) is 29.5. The fourth-order valence-electron chi connectivity index (χ4n) is 7.06. The molecule has 0 saturated heterocycles. The average Bonchev–Trinajstić information content (AvgIpc) is 3.56. The topological polar surface area (TPSA) is 4.93 Å². The Morgan fingerprint density at radius 1 is 0.327 bits per heavy atom. The van der Waals surface area contributed by atoms with Crippen LogP contribution in [-0.2, 0) is 12.8 Å². The number of hydrogen-bond donors (Lipinski definition) is 0. The lowest BCUT2D eigenvalue weighted by Gasteiger charge is -2.11. The highest BCUT2D eigenvalue weighted by atomic mass is 15.0. The molecule has 0 unspecified atom stereocenters. The number of aromatic nitrogens is 1. The summed E-state index contributed by atoms with van der Waals surface area (Å²) in [6.07, 6.45) is 2.12. The monoisotopic (exact) mass is 667 g/mol. The lowest BCUT2D eigenvalue weighted by atomic mass is 9.99.